The van der Waals surface area contributed by atoms with E-state index < -0.39 is 0 Å². The lowest BCUT2D eigenvalue weighted by atomic mass is 9.79. The highest BCUT2D eigenvalue weighted by molar-refractivity contribution is 9.10. The van der Waals surface area contributed by atoms with Crippen LogP contribution in [0.25, 0.3) is 0 Å². The molecular formula is C16H20BrNO3. The Balaban J connectivity index is 1.94. The molecule has 0 spiro atoms. The van der Waals surface area contributed by atoms with Crippen LogP contribution in [0.4, 0.5) is 0 Å². The number of benzene rings is 1. The summed E-state index contributed by atoms with van der Waals surface area (Å²) in [5.74, 6) is -0.184. The Kier molecular flexibility index (Phi) is 5.79. The molecule has 0 bridgehead atoms. The maximum Gasteiger partial charge on any atom is 0.309 e. The van der Waals surface area contributed by atoms with Gasteiger partial charge in [0, 0.05) is 16.6 Å². The van der Waals surface area contributed by atoms with Gasteiger partial charge in [0.2, 0.25) is 0 Å². The number of carbonyl (C=O) groups is 2. The van der Waals surface area contributed by atoms with Crippen LogP contribution in [0.5, 0.6) is 0 Å². The normalized spacial score (nSPS) is 21.6. The molecule has 0 aliphatic heterocycles. The highest BCUT2D eigenvalue weighted by Crippen LogP contribution is 2.30. The zero-order valence-electron chi connectivity index (χ0n) is 12.1. The Bertz CT molecular complexity index is 518. The predicted molar refractivity (Wildman–Crippen MR) is 83.9 cm³/mol. The standard InChI is InChI=1S/C16H20BrNO3/c1-21-16(20)14-8-3-2-5-12(14)10-18-15(19)11-6-4-7-13(17)9-11/h4,6-7,9,12,14H,2-3,5,8,10H2,1H3,(H,18,19). The molecule has 1 N–H and O–H groups in total. The summed E-state index contributed by atoms with van der Waals surface area (Å²) in [5, 5.41) is 2.94. The summed E-state index contributed by atoms with van der Waals surface area (Å²) in [6.07, 6.45) is 3.96. The van der Waals surface area contributed by atoms with Crippen LogP contribution in [0.2, 0.25) is 0 Å². The fourth-order valence-corrected chi connectivity index (χ4v) is 3.27. The molecule has 1 amide bonds. The van der Waals surface area contributed by atoms with Gasteiger partial charge in [0.25, 0.3) is 5.91 Å². The molecule has 1 aromatic rings. The van der Waals surface area contributed by atoms with Gasteiger partial charge in [-0.3, -0.25) is 9.59 Å². The van der Waals surface area contributed by atoms with Crippen molar-refractivity contribution in [2.24, 2.45) is 11.8 Å². The van der Waals surface area contributed by atoms with Crippen LogP contribution in [-0.2, 0) is 9.53 Å². The molecule has 4 nitrogen and oxygen atoms in total. The number of hydrogen-bond acceptors (Lipinski definition) is 3. The monoisotopic (exact) mass is 353 g/mol. The zero-order chi connectivity index (χ0) is 15.2. The van der Waals surface area contributed by atoms with Crippen molar-refractivity contribution in [3.63, 3.8) is 0 Å². The number of hydrogen-bond donors (Lipinski definition) is 1. The molecular weight excluding hydrogens is 334 g/mol. The molecule has 0 radical (unpaired) electrons. The Morgan fingerprint density at radius 1 is 1.33 bits per heavy atom. The smallest absolute Gasteiger partial charge is 0.309 e. The number of halogens is 1. The minimum atomic E-state index is -0.156. The Morgan fingerprint density at radius 2 is 2.10 bits per heavy atom. The largest absolute Gasteiger partial charge is 0.469 e. The SMILES string of the molecule is COC(=O)C1CCCCC1CNC(=O)c1cccc(Br)c1. The van der Waals surface area contributed by atoms with Gasteiger partial charge >= 0.3 is 5.97 Å². The van der Waals surface area contributed by atoms with Gasteiger partial charge in [0.15, 0.2) is 0 Å². The van der Waals surface area contributed by atoms with Crippen LogP contribution >= 0.6 is 15.9 Å². The van der Waals surface area contributed by atoms with Crippen molar-refractivity contribution in [3.8, 4) is 0 Å². The van der Waals surface area contributed by atoms with Gasteiger partial charge in [0.05, 0.1) is 13.0 Å². The molecule has 1 saturated carbocycles. The zero-order valence-corrected chi connectivity index (χ0v) is 13.7. The molecule has 0 saturated heterocycles. The minimum Gasteiger partial charge on any atom is -0.469 e. The van der Waals surface area contributed by atoms with E-state index >= 15 is 0 Å². The van der Waals surface area contributed by atoms with Crippen molar-refractivity contribution in [2.75, 3.05) is 13.7 Å². The van der Waals surface area contributed by atoms with E-state index in [0.29, 0.717) is 12.1 Å². The van der Waals surface area contributed by atoms with Crippen molar-refractivity contribution in [1.82, 2.24) is 5.32 Å². The molecule has 0 aromatic heterocycles. The van der Waals surface area contributed by atoms with E-state index in [2.05, 4.69) is 21.2 Å². The third kappa shape index (κ3) is 4.30. The van der Waals surface area contributed by atoms with Gasteiger partial charge in [0.1, 0.15) is 0 Å². The number of carbonyl (C=O) groups excluding carboxylic acids is 2. The van der Waals surface area contributed by atoms with E-state index in [4.69, 9.17) is 4.74 Å². The Morgan fingerprint density at radius 3 is 2.81 bits per heavy atom. The summed E-state index contributed by atoms with van der Waals surface area (Å²) in [6.45, 7) is 0.519. The summed E-state index contributed by atoms with van der Waals surface area (Å²) in [7, 11) is 1.42. The fourth-order valence-electron chi connectivity index (χ4n) is 2.87. The van der Waals surface area contributed by atoms with Crippen LogP contribution in [0.15, 0.2) is 28.7 Å². The molecule has 2 rings (SSSR count). The molecule has 5 heteroatoms. The number of nitrogens with one attached hydrogen (secondary N) is 1. The van der Waals surface area contributed by atoms with Crippen LogP contribution in [0.1, 0.15) is 36.0 Å². The van der Waals surface area contributed by atoms with Crippen molar-refractivity contribution in [1.29, 1.82) is 0 Å². The van der Waals surface area contributed by atoms with Gasteiger partial charge in [-0.25, -0.2) is 0 Å². The molecule has 114 valence electrons. The van der Waals surface area contributed by atoms with E-state index in [1.165, 1.54) is 7.11 Å². The Hall–Kier alpha value is -1.36. The molecule has 1 fully saturated rings. The van der Waals surface area contributed by atoms with Crippen LogP contribution in [-0.4, -0.2) is 25.5 Å². The van der Waals surface area contributed by atoms with E-state index in [9.17, 15) is 9.59 Å². The van der Waals surface area contributed by atoms with Gasteiger partial charge in [-0.05, 0) is 37.0 Å². The Labute approximate surface area is 133 Å². The van der Waals surface area contributed by atoms with Crippen LogP contribution in [0.3, 0.4) is 0 Å². The maximum absolute atomic E-state index is 12.1. The second kappa shape index (κ2) is 7.59. The third-order valence-corrected chi connectivity index (χ3v) is 4.52. The number of amides is 1. The van der Waals surface area contributed by atoms with Crippen LogP contribution < -0.4 is 5.32 Å². The summed E-state index contributed by atoms with van der Waals surface area (Å²) < 4.78 is 5.74. The van der Waals surface area contributed by atoms with Gasteiger partial charge < -0.3 is 10.1 Å². The lowest BCUT2D eigenvalue weighted by Crippen LogP contribution is -2.37. The van der Waals surface area contributed by atoms with Gasteiger partial charge in [-0.15, -0.1) is 0 Å². The summed E-state index contributed by atoms with van der Waals surface area (Å²) in [5.41, 5.74) is 0.620. The maximum atomic E-state index is 12.1. The molecule has 1 aliphatic carbocycles. The first-order valence-electron chi connectivity index (χ1n) is 7.23. The molecule has 2 atom stereocenters. The molecule has 0 heterocycles. The highest BCUT2D eigenvalue weighted by atomic mass is 79.9. The predicted octanol–water partition coefficient (Wildman–Crippen LogP) is 3.16. The van der Waals surface area contributed by atoms with Crippen molar-refractivity contribution >= 4 is 27.8 Å². The van der Waals surface area contributed by atoms with Crippen LogP contribution in [0, 0.1) is 11.8 Å². The highest BCUT2D eigenvalue weighted by Gasteiger charge is 2.31. The second-order valence-electron chi connectivity index (χ2n) is 5.39. The van der Waals surface area contributed by atoms with Gasteiger partial charge in [-0.1, -0.05) is 34.8 Å². The lowest BCUT2D eigenvalue weighted by molar-refractivity contribution is -0.148. The fraction of sp³-hybridized carbons (Fsp3) is 0.500. The second-order valence-corrected chi connectivity index (χ2v) is 6.31. The molecule has 1 aliphatic rings. The number of methoxy groups -OCH3 is 1. The summed E-state index contributed by atoms with van der Waals surface area (Å²) in [6, 6.07) is 7.27. The van der Waals surface area contributed by atoms with E-state index in [-0.39, 0.29) is 23.7 Å². The van der Waals surface area contributed by atoms with Crippen molar-refractivity contribution < 1.29 is 14.3 Å². The number of ether oxygens (including phenoxy) is 1. The third-order valence-electron chi connectivity index (χ3n) is 4.02. The number of esters is 1. The topological polar surface area (TPSA) is 55.4 Å². The van der Waals surface area contributed by atoms with Crippen molar-refractivity contribution in [2.45, 2.75) is 25.7 Å². The van der Waals surface area contributed by atoms with E-state index in [1.54, 1.807) is 12.1 Å². The first-order valence-corrected chi connectivity index (χ1v) is 8.02. The first kappa shape index (κ1) is 16.0. The number of rotatable bonds is 4. The first-order chi connectivity index (χ1) is 10.1. The molecule has 1 aromatic carbocycles. The summed E-state index contributed by atoms with van der Waals surface area (Å²) >= 11 is 3.35. The van der Waals surface area contributed by atoms with E-state index in [0.717, 1.165) is 30.2 Å². The average molecular weight is 354 g/mol. The quantitative estimate of drug-likeness (QED) is 0.845. The van der Waals surface area contributed by atoms with Gasteiger partial charge in [-0.2, -0.15) is 0 Å². The average Bonchev–Trinajstić information content (AvgIpc) is 2.52. The lowest BCUT2D eigenvalue weighted by Gasteiger charge is -2.29. The summed E-state index contributed by atoms with van der Waals surface area (Å²) in [4.78, 5) is 23.9. The molecule has 2 unspecified atom stereocenters. The molecule has 21 heavy (non-hydrogen) atoms. The van der Waals surface area contributed by atoms with Crippen molar-refractivity contribution in [3.05, 3.63) is 34.3 Å². The van der Waals surface area contributed by atoms with E-state index in [1.807, 2.05) is 12.1 Å². The minimum absolute atomic E-state index is 0.0911.